The average molecular weight is 291 g/mol. The molecule has 0 aliphatic carbocycles. The van der Waals surface area contributed by atoms with Crippen LogP contribution in [0.1, 0.15) is 37.0 Å². The van der Waals surface area contributed by atoms with Gasteiger partial charge in [-0.05, 0) is 40.4 Å². The van der Waals surface area contributed by atoms with Crippen LogP contribution >= 0.6 is 15.9 Å². The van der Waals surface area contributed by atoms with Crippen LogP contribution in [0.5, 0.6) is 0 Å². The molecule has 0 aliphatic rings. The third-order valence-corrected chi connectivity index (χ3v) is 2.88. The molecule has 0 atom stereocenters. The fourth-order valence-electron chi connectivity index (χ4n) is 1.33. The second kappa shape index (κ2) is 5.53. The van der Waals surface area contributed by atoms with Crippen molar-refractivity contribution >= 4 is 21.7 Å². The quantitative estimate of drug-likeness (QED) is 0.595. The number of hydrogen-bond acceptors (Lipinski definition) is 1. The highest BCUT2D eigenvalue weighted by Crippen LogP contribution is 2.23. The standard InChI is InChI=1S/C12H13BrF2O/c1-7(2)3-6-10(16)11-9(14)5-4-8(13)12(11)15/h4-5,7H,3,6H2,1-2H3. The molecule has 16 heavy (non-hydrogen) atoms. The van der Waals surface area contributed by atoms with Crippen molar-refractivity contribution in [1.29, 1.82) is 0 Å². The summed E-state index contributed by atoms with van der Waals surface area (Å²) in [6.07, 6.45) is 0.798. The summed E-state index contributed by atoms with van der Waals surface area (Å²) in [5, 5.41) is 0. The van der Waals surface area contributed by atoms with Crippen LogP contribution in [0, 0.1) is 17.6 Å². The molecule has 0 spiro atoms. The number of ketones is 1. The molecule has 0 saturated carbocycles. The summed E-state index contributed by atoms with van der Waals surface area (Å²) in [6, 6.07) is 2.35. The van der Waals surface area contributed by atoms with Gasteiger partial charge in [-0.2, -0.15) is 0 Å². The van der Waals surface area contributed by atoms with Gasteiger partial charge in [-0.15, -0.1) is 0 Å². The zero-order valence-corrected chi connectivity index (χ0v) is 10.8. The van der Waals surface area contributed by atoms with Gasteiger partial charge in [0.15, 0.2) is 11.6 Å². The Balaban J connectivity index is 2.95. The molecular weight excluding hydrogens is 278 g/mol. The van der Waals surface area contributed by atoms with E-state index in [1.807, 2.05) is 13.8 Å². The normalized spacial score (nSPS) is 10.9. The van der Waals surface area contributed by atoms with Gasteiger partial charge in [0.25, 0.3) is 0 Å². The number of Topliss-reactive ketones (excluding diaryl/α,β-unsaturated/α-hetero) is 1. The first-order valence-electron chi connectivity index (χ1n) is 5.10. The smallest absolute Gasteiger partial charge is 0.168 e. The minimum atomic E-state index is -0.811. The van der Waals surface area contributed by atoms with Crippen molar-refractivity contribution in [2.24, 2.45) is 5.92 Å². The molecule has 0 N–H and O–H groups in total. The highest BCUT2D eigenvalue weighted by Gasteiger charge is 2.19. The Morgan fingerprint density at radius 2 is 2.00 bits per heavy atom. The lowest BCUT2D eigenvalue weighted by atomic mass is 10.0. The summed E-state index contributed by atoms with van der Waals surface area (Å²) < 4.78 is 27.0. The number of carbonyl (C=O) groups is 1. The van der Waals surface area contributed by atoms with Crippen LogP contribution in [0.2, 0.25) is 0 Å². The Kier molecular flexibility index (Phi) is 4.59. The van der Waals surface area contributed by atoms with Gasteiger partial charge in [0.1, 0.15) is 5.82 Å². The molecule has 0 radical (unpaired) electrons. The predicted octanol–water partition coefficient (Wildman–Crippen LogP) is 4.35. The summed E-state index contributed by atoms with van der Waals surface area (Å²) in [4.78, 5) is 11.6. The second-order valence-electron chi connectivity index (χ2n) is 4.07. The maximum absolute atomic E-state index is 13.5. The van der Waals surface area contributed by atoms with Gasteiger partial charge in [0.05, 0.1) is 10.0 Å². The molecule has 0 unspecified atom stereocenters. The highest BCUT2D eigenvalue weighted by atomic mass is 79.9. The largest absolute Gasteiger partial charge is 0.294 e. The zero-order chi connectivity index (χ0) is 12.3. The number of halogens is 3. The van der Waals surface area contributed by atoms with E-state index in [0.717, 1.165) is 6.07 Å². The fraction of sp³-hybridized carbons (Fsp3) is 0.417. The number of rotatable bonds is 4. The predicted molar refractivity (Wildman–Crippen MR) is 62.5 cm³/mol. The first-order valence-corrected chi connectivity index (χ1v) is 5.89. The van der Waals surface area contributed by atoms with Gasteiger partial charge < -0.3 is 0 Å². The average Bonchev–Trinajstić information content (AvgIpc) is 2.21. The van der Waals surface area contributed by atoms with E-state index < -0.39 is 23.0 Å². The van der Waals surface area contributed by atoms with E-state index >= 15 is 0 Å². The Morgan fingerprint density at radius 3 is 2.56 bits per heavy atom. The van der Waals surface area contributed by atoms with E-state index in [1.54, 1.807) is 0 Å². The third-order valence-electron chi connectivity index (χ3n) is 2.27. The van der Waals surface area contributed by atoms with Crippen molar-refractivity contribution in [3.05, 3.63) is 33.8 Å². The minimum absolute atomic E-state index is 0.113. The lowest BCUT2D eigenvalue weighted by Crippen LogP contribution is -2.07. The number of benzene rings is 1. The molecule has 0 aliphatic heterocycles. The van der Waals surface area contributed by atoms with Crippen LogP contribution in [0.4, 0.5) is 8.78 Å². The molecule has 0 amide bonds. The second-order valence-corrected chi connectivity index (χ2v) is 4.93. The van der Waals surface area contributed by atoms with Crippen molar-refractivity contribution in [3.63, 3.8) is 0 Å². The summed E-state index contributed by atoms with van der Waals surface area (Å²) in [5.41, 5.74) is -0.435. The third kappa shape index (κ3) is 3.11. The molecule has 0 bridgehead atoms. The van der Waals surface area contributed by atoms with Crippen LogP contribution in [0.15, 0.2) is 16.6 Å². The maximum Gasteiger partial charge on any atom is 0.168 e. The molecule has 1 nitrogen and oxygen atoms in total. The highest BCUT2D eigenvalue weighted by molar-refractivity contribution is 9.10. The van der Waals surface area contributed by atoms with Gasteiger partial charge in [0.2, 0.25) is 0 Å². The van der Waals surface area contributed by atoms with E-state index in [1.165, 1.54) is 6.07 Å². The lowest BCUT2D eigenvalue weighted by molar-refractivity contribution is 0.0967. The van der Waals surface area contributed by atoms with Gasteiger partial charge in [0, 0.05) is 6.42 Å². The molecule has 0 heterocycles. The SMILES string of the molecule is CC(C)CCC(=O)c1c(F)ccc(Br)c1F. The Morgan fingerprint density at radius 1 is 1.38 bits per heavy atom. The monoisotopic (exact) mass is 290 g/mol. The summed E-state index contributed by atoms with van der Waals surface area (Å²) in [7, 11) is 0. The molecular formula is C12H13BrF2O. The molecule has 1 rings (SSSR count). The lowest BCUT2D eigenvalue weighted by Gasteiger charge is -2.07. The Hall–Kier alpha value is -0.770. The van der Waals surface area contributed by atoms with Crippen molar-refractivity contribution in [2.45, 2.75) is 26.7 Å². The van der Waals surface area contributed by atoms with Gasteiger partial charge in [-0.25, -0.2) is 8.78 Å². The van der Waals surface area contributed by atoms with E-state index in [-0.39, 0.29) is 10.9 Å². The van der Waals surface area contributed by atoms with Crippen LogP contribution in [-0.2, 0) is 0 Å². The molecule has 88 valence electrons. The first-order chi connectivity index (χ1) is 7.43. The van der Waals surface area contributed by atoms with E-state index in [0.29, 0.717) is 12.3 Å². The summed E-state index contributed by atoms with van der Waals surface area (Å²) >= 11 is 2.93. The van der Waals surface area contributed by atoms with E-state index in [4.69, 9.17) is 0 Å². The Labute approximate surface area is 102 Å². The molecule has 4 heteroatoms. The topological polar surface area (TPSA) is 17.1 Å². The van der Waals surface area contributed by atoms with Gasteiger partial charge in [-0.1, -0.05) is 13.8 Å². The molecule has 0 fully saturated rings. The number of hydrogen-bond donors (Lipinski definition) is 0. The van der Waals surface area contributed by atoms with Crippen molar-refractivity contribution in [2.75, 3.05) is 0 Å². The van der Waals surface area contributed by atoms with Crippen molar-refractivity contribution in [3.8, 4) is 0 Å². The summed E-state index contributed by atoms with van der Waals surface area (Å²) in [5.74, 6) is -1.75. The van der Waals surface area contributed by atoms with Gasteiger partial charge in [-0.3, -0.25) is 4.79 Å². The van der Waals surface area contributed by atoms with Crippen molar-refractivity contribution in [1.82, 2.24) is 0 Å². The van der Waals surface area contributed by atoms with E-state index in [2.05, 4.69) is 15.9 Å². The molecule has 1 aromatic rings. The first kappa shape index (κ1) is 13.3. The van der Waals surface area contributed by atoms with Crippen LogP contribution < -0.4 is 0 Å². The minimum Gasteiger partial charge on any atom is -0.294 e. The zero-order valence-electron chi connectivity index (χ0n) is 9.19. The molecule has 1 aromatic carbocycles. The maximum atomic E-state index is 13.5. The molecule has 0 aromatic heterocycles. The van der Waals surface area contributed by atoms with Crippen LogP contribution in [-0.4, -0.2) is 5.78 Å². The van der Waals surface area contributed by atoms with Gasteiger partial charge >= 0.3 is 0 Å². The number of carbonyl (C=O) groups excluding carboxylic acids is 1. The summed E-state index contributed by atoms with van der Waals surface area (Å²) in [6.45, 7) is 3.92. The van der Waals surface area contributed by atoms with Crippen LogP contribution in [0.3, 0.4) is 0 Å². The Bertz CT molecular complexity index is 402. The van der Waals surface area contributed by atoms with Crippen molar-refractivity contribution < 1.29 is 13.6 Å². The van der Waals surface area contributed by atoms with Crippen LogP contribution in [0.25, 0.3) is 0 Å². The van der Waals surface area contributed by atoms with E-state index in [9.17, 15) is 13.6 Å². The molecule has 0 saturated heterocycles. The fourth-order valence-corrected chi connectivity index (χ4v) is 1.66.